The number of nitrogens with two attached hydrogens (primary N) is 1. The molecule has 0 bridgehead atoms. The highest BCUT2D eigenvalue weighted by molar-refractivity contribution is 6.32. The minimum atomic E-state index is 0.370. The molecule has 0 aliphatic heterocycles. The monoisotopic (exact) mass is 254 g/mol. The molecule has 17 heavy (non-hydrogen) atoms. The molecule has 0 saturated heterocycles. The third-order valence-corrected chi connectivity index (χ3v) is 3.60. The second-order valence-electron chi connectivity index (χ2n) is 4.58. The lowest BCUT2D eigenvalue weighted by molar-refractivity contribution is 0.402. The molecular formula is C13H19ClN2O. The van der Waals surface area contributed by atoms with E-state index < -0.39 is 0 Å². The first-order valence-electron chi connectivity index (χ1n) is 6.05. The Labute approximate surface area is 107 Å². The van der Waals surface area contributed by atoms with E-state index in [4.69, 9.17) is 22.1 Å². The topological polar surface area (TPSA) is 47.3 Å². The van der Waals surface area contributed by atoms with E-state index in [9.17, 15) is 0 Å². The summed E-state index contributed by atoms with van der Waals surface area (Å²) in [5, 5.41) is 4.14. The summed E-state index contributed by atoms with van der Waals surface area (Å²) in [5.74, 6) is 0.726. The van der Waals surface area contributed by atoms with Crippen LogP contribution in [0, 0.1) is 0 Å². The van der Waals surface area contributed by atoms with Crippen molar-refractivity contribution in [1.82, 2.24) is 0 Å². The number of anilines is 1. The molecule has 3 N–H and O–H groups in total. The Morgan fingerprint density at radius 1 is 1.29 bits per heavy atom. The average Bonchev–Trinajstić information content (AvgIpc) is 2.32. The van der Waals surface area contributed by atoms with Crippen molar-refractivity contribution in [3.05, 3.63) is 23.2 Å². The van der Waals surface area contributed by atoms with Gasteiger partial charge in [0.05, 0.1) is 17.8 Å². The number of para-hydroxylation sites is 1. The highest BCUT2D eigenvalue weighted by atomic mass is 35.5. The maximum atomic E-state index is 6.09. The molecule has 0 spiro atoms. The Kier molecular flexibility index (Phi) is 4.13. The summed E-state index contributed by atoms with van der Waals surface area (Å²) >= 11 is 6.09. The minimum Gasteiger partial charge on any atom is -0.493 e. The highest BCUT2D eigenvalue weighted by Gasteiger charge is 2.19. The summed E-state index contributed by atoms with van der Waals surface area (Å²) in [7, 11) is 1.64. The second-order valence-corrected chi connectivity index (χ2v) is 4.98. The number of nitrogens with one attached hydrogen (secondary N) is 1. The predicted molar refractivity (Wildman–Crippen MR) is 71.9 cm³/mol. The number of hydrogen-bond donors (Lipinski definition) is 2. The van der Waals surface area contributed by atoms with Crippen LogP contribution in [-0.2, 0) is 0 Å². The molecule has 1 aliphatic carbocycles. The van der Waals surface area contributed by atoms with E-state index in [1.807, 2.05) is 18.2 Å². The van der Waals surface area contributed by atoms with Crippen molar-refractivity contribution < 1.29 is 4.74 Å². The maximum Gasteiger partial charge on any atom is 0.160 e. The molecule has 94 valence electrons. The van der Waals surface area contributed by atoms with Gasteiger partial charge in [-0.2, -0.15) is 0 Å². The van der Waals surface area contributed by atoms with Gasteiger partial charge in [-0.1, -0.05) is 17.7 Å². The van der Waals surface area contributed by atoms with Crippen LogP contribution < -0.4 is 15.8 Å². The Morgan fingerprint density at radius 3 is 2.65 bits per heavy atom. The van der Waals surface area contributed by atoms with Gasteiger partial charge >= 0.3 is 0 Å². The third-order valence-electron chi connectivity index (χ3n) is 3.30. The van der Waals surface area contributed by atoms with Crippen LogP contribution in [0.4, 0.5) is 5.69 Å². The van der Waals surface area contributed by atoms with Crippen molar-refractivity contribution in [3.63, 3.8) is 0 Å². The summed E-state index contributed by atoms with van der Waals surface area (Å²) in [6, 6.07) is 6.61. The quantitative estimate of drug-likeness (QED) is 0.872. The van der Waals surface area contributed by atoms with Crippen molar-refractivity contribution in [1.29, 1.82) is 0 Å². The van der Waals surface area contributed by atoms with Crippen LogP contribution >= 0.6 is 11.6 Å². The van der Waals surface area contributed by atoms with Gasteiger partial charge in [-0.25, -0.2) is 0 Å². The molecule has 4 heteroatoms. The third kappa shape index (κ3) is 3.05. The first-order chi connectivity index (χ1) is 8.20. The zero-order valence-corrected chi connectivity index (χ0v) is 10.8. The molecule has 1 aromatic carbocycles. The fraction of sp³-hybridized carbons (Fsp3) is 0.538. The molecule has 1 fully saturated rings. The smallest absolute Gasteiger partial charge is 0.160 e. The average molecular weight is 255 g/mol. The predicted octanol–water partition coefficient (Wildman–Crippen LogP) is 3.03. The standard InChI is InChI=1S/C13H19ClN2O/c1-17-13-11(14)3-2-4-12(13)16-10-7-5-9(15)6-8-10/h2-4,9-10,16H,5-8,15H2,1H3. The van der Waals surface area contributed by atoms with Gasteiger partial charge in [0.25, 0.3) is 0 Å². The first-order valence-corrected chi connectivity index (χ1v) is 6.43. The molecule has 0 heterocycles. The van der Waals surface area contributed by atoms with Gasteiger partial charge in [-0.3, -0.25) is 0 Å². The lowest BCUT2D eigenvalue weighted by Gasteiger charge is -2.28. The van der Waals surface area contributed by atoms with E-state index in [1.165, 1.54) is 0 Å². The Bertz CT molecular complexity index is 376. The van der Waals surface area contributed by atoms with Crippen molar-refractivity contribution in [2.24, 2.45) is 5.73 Å². The number of halogens is 1. The summed E-state index contributed by atoms with van der Waals surface area (Å²) in [5.41, 5.74) is 6.87. The number of hydrogen-bond acceptors (Lipinski definition) is 3. The molecular weight excluding hydrogens is 236 g/mol. The van der Waals surface area contributed by atoms with Crippen molar-refractivity contribution in [3.8, 4) is 5.75 Å². The number of ether oxygens (including phenoxy) is 1. The van der Waals surface area contributed by atoms with Gasteiger partial charge < -0.3 is 15.8 Å². The van der Waals surface area contributed by atoms with Gasteiger partial charge in [0.2, 0.25) is 0 Å². The fourth-order valence-electron chi connectivity index (χ4n) is 2.31. The van der Waals surface area contributed by atoms with E-state index in [0.29, 0.717) is 17.1 Å². The van der Waals surface area contributed by atoms with E-state index >= 15 is 0 Å². The molecule has 3 nitrogen and oxygen atoms in total. The zero-order valence-electron chi connectivity index (χ0n) is 10.1. The maximum absolute atomic E-state index is 6.09. The van der Waals surface area contributed by atoms with Crippen LogP contribution in [0.2, 0.25) is 5.02 Å². The van der Waals surface area contributed by atoms with Crippen molar-refractivity contribution in [2.45, 2.75) is 37.8 Å². The van der Waals surface area contributed by atoms with Crippen LogP contribution in [0.3, 0.4) is 0 Å². The molecule has 0 amide bonds. The van der Waals surface area contributed by atoms with Gasteiger partial charge in [0.15, 0.2) is 5.75 Å². The Hall–Kier alpha value is -0.930. The number of benzene rings is 1. The van der Waals surface area contributed by atoms with Crippen LogP contribution in [0.5, 0.6) is 5.75 Å². The van der Waals surface area contributed by atoms with E-state index in [-0.39, 0.29) is 0 Å². The van der Waals surface area contributed by atoms with Crippen LogP contribution in [-0.4, -0.2) is 19.2 Å². The molecule has 2 rings (SSSR count). The molecule has 0 aromatic heterocycles. The fourth-order valence-corrected chi connectivity index (χ4v) is 2.57. The van der Waals surface area contributed by atoms with Crippen molar-refractivity contribution >= 4 is 17.3 Å². The van der Waals surface area contributed by atoms with Gasteiger partial charge in [0, 0.05) is 12.1 Å². The van der Waals surface area contributed by atoms with Crippen LogP contribution in [0.1, 0.15) is 25.7 Å². The summed E-state index contributed by atoms with van der Waals surface area (Å²) < 4.78 is 5.32. The van der Waals surface area contributed by atoms with Crippen molar-refractivity contribution in [2.75, 3.05) is 12.4 Å². The van der Waals surface area contributed by atoms with E-state index in [1.54, 1.807) is 7.11 Å². The minimum absolute atomic E-state index is 0.370. The summed E-state index contributed by atoms with van der Waals surface area (Å²) in [6.45, 7) is 0. The second kappa shape index (κ2) is 5.61. The Balaban J connectivity index is 2.05. The van der Waals surface area contributed by atoms with E-state index in [2.05, 4.69) is 5.32 Å². The lowest BCUT2D eigenvalue weighted by atomic mass is 9.91. The summed E-state index contributed by atoms with van der Waals surface area (Å²) in [6.07, 6.45) is 4.38. The molecule has 0 unspecified atom stereocenters. The molecule has 1 saturated carbocycles. The van der Waals surface area contributed by atoms with Gasteiger partial charge in [0.1, 0.15) is 0 Å². The SMILES string of the molecule is COc1c(Cl)cccc1NC1CCC(N)CC1. The molecule has 1 aliphatic rings. The van der Waals surface area contributed by atoms with E-state index in [0.717, 1.165) is 37.1 Å². The van der Waals surface area contributed by atoms with Crippen LogP contribution in [0.25, 0.3) is 0 Å². The van der Waals surface area contributed by atoms with Crippen LogP contribution in [0.15, 0.2) is 18.2 Å². The summed E-state index contributed by atoms with van der Waals surface area (Å²) in [4.78, 5) is 0. The molecule has 0 atom stereocenters. The number of methoxy groups -OCH3 is 1. The highest BCUT2D eigenvalue weighted by Crippen LogP contribution is 2.34. The van der Waals surface area contributed by atoms with Gasteiger partial charge in [-0.05, 0) is 37.8 Å². The normalized spacial score (nSPS) is 24.4. The molecule has 0 radical (unpaired) electrons. The lowest BCUT2D eigenvalue weighted by Crippen LogP contribution is -2.32. The largest absolute Gasteiger partial charge is 0.493 e. The zero-order chi connectivity index (χ0) is 12.3. The molecule has 1 aromatic rings. The number of rotatable bonds is 3. The Morgan fingerprint density at radius 2 is 2.00 bits per heavy atom. The van der Waals surface area contributed by atoms with Gasteiger partial charge in [-0.15, -0.1) is 0 Å². The first kappa shape index (κ1) is 12.5.